The molecule has 0 amide bonds. The van der Waals surface area contributed by atoms with Crippen molar-refractivity contribution in [2.75, 3.05) is 16.4 Å². The topological polar surface area (TPSA) is 105 Å². The van der Waals surface area contributed by atoms with Crippen molar-refractivity contribution in [3.05, 3.63) is 90.5 Å². The van der Waals surface area contributed by atoms with E-state index in [1.165, 1.54) is 0 Å². The molecule has 0 aliphatic heterocycles. The highest BCUT2D eigenvalue weighted by Gasteiger charge is 2.15. The van der Waals surface area contributed by atoms with Gasteiger partial charge in [-0.25, -0.2) is 4.98 Å². The number of aromatic nitrogens is 2. The zero-order valence-electron chi connectivity index (χ0n) is 15.5. The van der Waals surface area contributed by atoms with Crippen molar-refractivity contribution in [3.8, 4) is 17.3 Å². The Bertz CT molecular complexity index is 1130. The third-order valence-electron chi connectivity index (χ3n) is 4.49. The molecular weight excluding hydrogens is 360 g/mol. The van der Waals surface area contributed by atoms with Gasteiger partial charge in [0.05, 0.1) is 5.69 Å². The number of nitrogens with two attached hydrogens (primary N) is 2. The van der Waals surface area contributed by atoms with Crippen LogP contribution >= 0.6 is 0 Å². The second kappa shape index (κ2) is 7.71. The molecule has 0 aliphatic rings. The molecule has 0 aliphatic carbocycles. The first-order valence-electron chi connectivity index (χ1n) is 9.01. The molecule has 140 valence electrons. The highest BCUT2D eigenvalue weighted by molar-refractivity contribution is 5.79. The van der Waals surface area contributed by atoms with Gasteiger partial charge in [0.2, 0.25) is 5.95 Å². The molecule has 1 heterocycles. The second-order valence-electron chi connectivity index (χ2n) is 6.36. The molecule has 0 radical (unpaired) electrons. The van der Waals surface area contributed by atoms with Crippen LogP contribution in [-0.4, -0.2) is 9.97 Å². The fourth-order valence-corrected chi connectivity index (χ4v) is 3.18. The predicted octanol–water partition coefficient (Wildman–Crippen LogP) is 4.65. The first kappa shape index (κ1) is 18.0. The van der Waals surface area contributed by atoms with Crippen LogP contribution in [0.4, 0.5) is 28.8 Å². The Morgan fingerprint density at radius 2 is 1.21 bits per heavy atom. The van der Waals surface area contributed by atoms with E-state index in [0.717, 1.165) is 22.6 Å². The minimum absolute atomic E-state index is 0.0378. The monoisotopic (exact) mass is 378 g/mol. The van der Waals surface area contributed by atoms with Crippen LogP contribution in [-0.2, 0) is 0 Å². The van der Waals surface area contributed by atoms with E-state index in [-0.39, 0.29) is 17.3 Å². The molecule has 0 atom stereocenters. The predicted molar refractivity (Wildman–Crippen MR) is 116 cm³/mol. The minimum atomic E-state index is 0.0378. The van der Waals surface area contributed by atoms with Crippen LogP contribution in [0.25, 0.3) is 11.3 Å². The molecule has 4 aromatic rings. The normalized spacial score (nSPS) is 10.3. The van der Waals surface area contributed by atoms with E-state index in [0.29, 0.717) is 5.69 Å². The maximum absolute atomic E-state index is 9.43. The Hall–Kier alpha value is -4.37. The molecule has 3 aromatic carbocycles. The van der Waals surface area contributed by atoms with Gasteiger partial charge in [0.15, 0.2) is 0 Å². The van der Waals surface area contributed by atoms with Crippen molar-refractivity contribution in [2.45, 2.75) is 0 Å². The van der Waals surface area contributed by atoms with E-state index in [4.69, 9.17) is 11.5 Å². The Balaban J connectivity index is 1.79. The molecular formula is C23H18N6. The molecule has 1 aromatic heterocycles. The quantitative estimate of drug-likeness (QED) is 0.535. The summed E-state index contributed by atoms with van der Waals surface area (Å²) in [6.45, 7) is 0. The first-order valence-corrected chi connectivity index (χ1v) is 9.01. The summed E-state index contributed by atoms with van der Waals surface area (Å²) in [5, 5.41) is 9.43. The van der Waals surface area contributed by atoms with E-state index in [1.54, 1.807) is 0 Å². The maximum Gasteiger partial charge on any atom is 0.222 e. The first-order chi connectivity index (χ1) is 14.2. The number of hydrogen-bond donors (Lipinski definition) is 2. The number of nitriles is 1. The lowest BCUT2D eigenvalue weighted by Crippen LogP contribution is -2.09. The van der Waals surface area contributed by atoms with Gasteiger partial charge in [-0.3, -0.25) is 0 Å². The molecule has 0 saturated heterocycles. The van der Waals surface area contributed by atoms with Crippen molar-refractivity contribution in [1.82, 2.24) is 9.97 Å². The number of benzene rings is 3. The summed E-state index contributed by atoms with van der Waals surface area (Å²) in [5.74, 6) is 0.116. The lowest BCUT2D eigenvalue weighted by molar-refractivity contribution is 1.18. The highest BCUT2D eigenvalue weighted by atomic mass is 15.1. The van der Waals surface area contributed by atoms with Crippen molar-refractivity contribution in [1.29, 1.82) is 5.26 Å². The lowest BCUT2D eigenvalue weighted by Gasteiger charge is -2.25. The van der Waals surface area contributed by atoms with E-state index >= 15 is 0 Å². The van der Waals surface area contributed by atoms with E-state index in [2.05, 4.69) is 45.2 Å². The molecule has 0 unspecified atom stereocenters. The summed E-state index contributed by atoms with van der Waals surface area (Å²) in [6, 6.07) is 30.0. The van der Waals surface area contributed by atoms with Gasteiger partial charge in [-0.2, -0.15) is 10.2 Å². The van der Waals surface area contributed by atoms with E-state index in [1.807, 2.05) is 60.7 Å². The van der Waals surface area contributed by atoms with E-state index < -0.39 is 0 Å². The van der Waals surface area contributed by atoms with Crippen LogP contribution in [0.5, 0.6) is 0 Å². The summed E-state index contributed by atoms with van der Waals surface area (Å²) in [7, 11) is 0. The molecule has 29 heavy (non-hydrogen) atoms. The molecule has 0 spiro atoms. The van der Waals surface area contributed by atoms with Crippen molar-refractivity contribution in [2.24, 2.45) is 0 Å². The zero-order valence-corrected chi connectivity index (χ0v) is 15.5. The van der Waals surface area contributed by atoms with Crippen molar-refractivity contribution >= 4 is 28.8 Å². The number of rotatable bonds is 4. The number of para-hydroxylation sites is 2. The van der Waals surface area contributed by atoms with Crippen LogP contribution < -0.4 is 16.4 Å². The third kappa shape index (κ3) is 3.57. The second-order valence-corrected chi connectivity index (χ2v) is 6.36. The maximum atomic E-state index is 9.43. The summed E-state index contributed by atoms with van der Waals surface area (Å²) in [5.41, 5.74) is 16.0. The van der Waals surface area contributed by atoms with Gasteiger partial charge in [0.25, 0.3) is 0 Å². The van der Waals surface area contributed by atoms with Crippen LogP contribution in [0.3, 0.4) is 0 Å². The van der Waals surface area contributed by atoms with Crippen LogP contribution in [0.2, 0.25) is 0 Å². The van der Waals surface area contributed by atoms with Crippen LogP contribution in [0, 0.1) is 11.3 Å². The number of nitrogens with zero attached hydrogens (tertiary/aromatic N) is 4. The van der Waals surface area contributed by atoms with Gasteiger partial charge in [-0.1, -0.05) is 48.5 Å². The van der Waals surface area contributed by atoms with Gasteiger partial charge in [-0.15, -0.1) is 0 Å². The summed E-state index contributed by atoms with van der Waals surface area (Å²) in [6.07, 6.45) is 0. The smallest absolute Gasteiger partial charge is 0.222 e. The van der Waals surface area contributed by atoms with Gasteiger partial charge >= 0.3 is 0 Å². The fraction of sp³-hybridized carbons (Fsp3) is 0. The molecule has 6 nitrogen and oxygen atoms in total. The van der Waals surface area contributed by atoms with Gasteiger partial charge in [-0.05, 0) is 36.4 Å². The molecule has 6 heteroatoms. The molecule has 0 fully saturated rings. The molecule has 0 saturated carbocycles. The summed E-state index contributed by atoms with van der Waals surface area (Å²) >= 11 is 0. The van der Waals surface area contributed by atoms with Gasteiger partial charge < -0.3 is 16.4 Å². The molecule has 0 bridgehead atoms. The Kier molecular flexibility index (Phi) is 4.79. The SMILES string of the molecule is N#Cc1c(N)nc(N)nc1-c1ccc(N(c2ccccc2)c2ccccc2)cc1. The average molecular weight is 378 g/mol. The van der Waals surface area contributed by atoms with E-state index in [9.17, 15) is 5.26 Å². The number of anilines is 5. The fourth-order valence-electron chi connectivity index (χ4n) is 3.18. The minimum Gasteiger partial charge on any atom is -0.382 e. The average Bonchev–Trinajstić information content (AvgIpc) is 2.75. The zero-order chi connectivity index (χ0) is 20.2. The van der Waals surface area contributed by atoms with Crippen molar-refractivity contribution < 1.29 is 0 Å². The Morgan fingerprint density at radius 1 is 0.690 bits per heavy atom. The Morgan fingerprint density at radius 3 is 1.72 bits per heavy atom. The van der Waals surface area contributed by atoms with Crippen LogP contribution in [0.15, 0.2) is 84.9 Å². The number of hydrogen-bond acceptors (Lipinski definition) is 6. The number of nitrogen functional groups attached to an aromatic ring is 2. The Labute approximate surface area is 168 Å². The standard InChI is InChI=1S/C23H18N6/c24-15-20-21(27-23(26)28-22(20)25)16-11-13-19(14-12-16)29(17-7-3-1-4-8-17)18-9-5-2-6-10-18/h1-14H,(H4,25,26,27,28). The third-order valence-corrected chi connectivity index (χ3v) is 4.49. The van der Waals surface area contributed by atoms with Gasteiger partial charge in [0.1, 0.15) is 17.5 Å². The van der Waals surface area contributed by atoms with Crippen molar-refractivity contribution in [3.63, 3.8) is 0 Å². The largest absolute Gasteiger partial charge is 0.382 e. The lowest BCUT2D eigenvalue weighted by atomic mass is 10.1. The van der Waals surface area contributed by atoms with Crippen LogP contribution in [0.1, 0.15) is 5.56 Å². The molecule has 4 rings (SSSR count). The highest BCUT2D eigenvalue weighted by Crippen LogP contribution is 2.35. The summed E-state index contributed by atoms with van der Waals surface area (Å²) < 4.78 is 0. The molecule has 4 N–H and O–H groups in total. The van der Waals surface area contributed by atoms with Gasteiger partial charge in [0, 0.05) is 22.6 Å². The summed E-state index contributed by atoms with van der Waals surface area (Å²) in [4.78, 5) is 10.2.